The van der Waals surface area contributed by atoms with Crippen molar-refractivity contribution in [3.63, 3.8) is 0 Å². The van der Waals surface area contributed by atoms with Crippen molar-refractivity contribution in [3.05, 3.63) is 48.4 Å². The van der Waals surface area contributed by atoms with E-state index < -0.39 is 10.0 Å². The SMILES string of the molecule is Cc1ccc(S(=O)(=O)n2ccc3c(N(C)C4CC5CNC4C5)ncnc32)cc1. The highest BCUT2D eigenvalue weighted by Crippen LogP contribution is 2.37. The quantitative estimate of drug-likeness (QED) is 0.727. The predicted molar refractivity (Wildman–Crippen MR) is 108 cm³/mol. The first-order chi connectivity index (χ1) is 13.4. The summed E-state index contributed by atoms with van der Waals surface area (Å²) < 4.78 is 27.5. The number of hydrogen-bond donors (Lipinski definition) is 1. The Labute approximate surface area is 164 Å². The van der Waals surface area contributed by atoms with Gasteiger partial charge in [0.2, 0.25) is 0 Å². The Balaban J connectivity index is 1.56. The highest BCUT2D eigenvalue weighted by Gasteiger charge is 2.42. The molecule has 3 atom stereocenters. The number of aryl methyl sites for hydroxylation is 1. The van der Waals surface area contributed by atoms with Gasteiger partial charge in [-0.1, -0.05) is 17.7 Å². The Hall–Kier alpha value is -2.45. The minimum absolute atomic E-state index is 0.251. The maximum atomic E-state index is 13.1. The summed E-state index contributed by atoms with van der Waals surface area (Å²) >= 11 is 0. The van der Waals surface area contributed by atoms with Gasteiger partial charge in [-0.15, -0.1) is 0 Å². The molecule has 8 heteroatoms. The number of likely N-dealkylation sites (N-methyl/N-ethyl adjacent to an activating group) is 1. The second-order valence-corrected chi connectivity index (χ2v) is 9.71. The molecule has 28 heavy (non-hydrogen) atoms. The molecule has 0 spiro atoms. The molecule has 1 aliphatic carbocycles. The molecule has 1 aromatic carbocycles. The van der Waals surface area contributed by atoms with Crippen LogP contribution in [-0.4, -0.2) is 48.0 Å². The van der Waals surface area contributed by atoms with Crippen molar-refractivity contribution in [2.24, 2.45) is 5.92 Å². The number of piperidine rings is 1. The van der Waals surface area contributed by atoms with Gasteiger partial charge in [-0.3, -0.25) is 0 Å². The predicted octanol–water partition coefficient (Wildman–Crippen LogP) is 2.16. The topological polar surface area (TPSA) is 80.1 Å². The molecule has 0 amide bonds. The Kier molecular flexibility index (Phi) is 3.96. The van der Waals surface area contributed by atoms with E-state index in [4.69, 9.17) is 0 Å². The smallest absolute Gasteiger partial charge is 0.269 e. The number of nitrogens with zero attached hydrogens (tertiary/aromatic N) is 4. The minimum Gasteiger partial charge on any atom is -0.354 e. The molecule has 2 fully saturated rings. The highest BCUT2D eigenvalue weighted by molar-refractivity contribution is 7.90. The fourth-order valence-corrected chi connectivity index (χ4v) is 5.92. The van der Waals surface area contributed by atoms with Crippen molar-refractivity contribution in [2.45, 2.75) is 36.7 Å². The molecule has 1 saturated heterocycles. The van der Waals surface area contributed by atoms with E-state index >= 15 is 0 Å². The number of nitrogens with one attached hydrogen (secondary N) is 1. The first kappa shape index (κ1) is 17.6. The summed E-state index contributed by atoms with van der Waals surface area (Å²) in [7, 11) is -1.67. The lowest BCUT2D eigenvalue weighted by molar-refractivity contribution is 0.432. The van der Waals surface area contributed by atoms with Gasteiger partial charge in [-0.25, -0.2) is 22.4 Å². The molecule has 3 heterocycles. The molecule has 2 aliphatic rings. The molecule has 146 valence electrons. The molecule has 0 radical (unpaired) electrons. The third kappa shape index (κ3) is 2.62. The molecule has 5 rings (SSSR count). The maximum Gasteiger partial charge on any atom is 0.269 e. The summed E-state index contributed by atoms with van der Waals surface area (Å²) in [6.45, 7) is 3.03. The first-order valence-corrected chi connectivity index (χ1v) is 11.0. The van der Waals surface area contributed by atoms with Crippen LogP contribution in [0.15, 0.2) is 47.8 Å². The monoisotopic (exact) mass is 397 g/mol. The molecule has 3 unspecified atom stereocenters. The third-order valence-electron chi connectivity index (χ3n) is 6.13. The van der Waals surface area contributed by atoms with Crippen molar-refractivity contribution in [2.75, 3.05) is 18.5 Å². The average Bonchev–Trinajstić information content (AvgIpc) is 3.42. The van der Waals surface area contributed by atoms with Crippen LogP contribution in [0.1, 0.15) is 18.4 Å². The number of fused-ring (bicyclic) bond motifs is 3. The van der Waals surface area contributed by atoms with E-state index in [2.05, 4.69) is 20.2 Å². The fraction of sp³-hybridized carbons (Fsp3) is 0.400. The fourth-order valence-electron chi connectivity index (χ4n) is 4.62. The standard InChI is InChI=1S/C20H23N5O2S/c1-13-3-5-15(6-4-13)28(26,27)25-8-7-16-19(22-12-23-20(16)25)24(2)18-10-14-9-17(18)21-11-14/h3-8,12,14,17-18,21H,9-11H2,1-2H3. The van der Waals surface area contributed by atoms with Crippen LogP contribution in [-0.2, 0) is 10.0 Å². The van der Waals surface area contributed by atoms with Gasteiger partial charge in [-0.05, 0) is 50.4 Å². The van der Waals surface area contributed by atoms with Crippen molar-refractivity contribution in [1.82, 2.24) is 19.3 Å². The van der Waals surface area contributed by atoms with Crippen LogP contribution in [0.4, 0.5) is 5.82 Å². The zero-order valence-corrected chi connectivity index (χ0v) is 16.7. The van der Waals surface area contributed by atoms with Gasteiger partial charge in [0.25, 0.3) is 10.0 Å². The largest absolute Gasteiger partial charge is 0.354 e. The van der Waals surface area contributed by atoms with Gasteiger partial charge < -0.3 is 10.2 Å². The summed E-state index contributed by atoms with van der Waals surface area (Å²) in [5.41, 5.74) is 1.43. The third-order valence-corrected chi connectivity index (χ3v) is 7.81. The van der Waals surface area contributed by atoms with Crippen LogP contribution in [0, 0.1) is 12.8 Å². The van der Waals surface area contributed by atoms with Crippen LogP contribution < -0.4 is 10.2 Å². The molecular weight excluding hydrogens is 374 g/mol. The van der Waals surface area contributed by atoms with Crippen molar-refractivity contribution in [1.29, 1.82) is 0 Å². The van der Waals surface area contributed by atoms with Gasteiger partial charge in [0.15, 0.2) is 5.65 Å². The Morgan fingerprint density at radius 1 is 1.14 bits per heavy atom. The molecule has 1 N–H and O–H groups in total. The van der Waals surface area contributed by atoms with Crippen LogP contribution in [0.2, 0.25) is 0 Å². The summed E-state index contributed by atoms with van der Waals surface area (Å²) in [6, 6.07) is 9.50. The summed E-state index contributed by atoms with van der Waals surface area (Å²) in [6.07, 6.45) is 5.37. The Bertz CT molecular complexity index is 1140. The number of aromatic nitrogens is 3. The molecule has 2 bridgehead atoms. The minimum atomic E-state index is -3.71. The normalized spacial score (nSPS) is 24.1. The molecule has 1 aliphatic heterocycles. The first-order valence-electron chi connectivity index (χ1n) is 9.55. The molecule has 7 nitrogen and oxygen atoms in total. The van der Waals surface area contributed by atoms with Crippen molar-refractivity contribution in [3.8, 4) is 0 Å². The second-order valence-electron chi connectivity index (χ2n) is 7.89. The van der Waals surface area contributed by atoms with Crippen LogP contribution >= 0.6 is 0 Å². The van der Waals surface area contributed by atoms with E-state index in [1.54, 1.807) is 36.5 Å². The molecule has 2 aromatic heterocycles. The Morgan fingerprint density at radius 3 is 2.61 bits per heavy atom. The second kappa shape index (κ2) is 6.28. The van der Waals surface area contributed by atoms with E-state index in [1.165, 1.54) is 16.7 Å². The lowest BCUT2D eigenvalue weighted by atomic mass is 10.1. The van der Waals surface area contributed by atoms with Crippen molar-refractivity contribution >= 4 is 26.9 Å². The highest BCUT2D eigenvalue weighted by atomic mass is 32.2. The van der Waals surface area contributed by atoms with Gasteiger partial charge in [0.1, 0.15) is 12.1 Å². The number of hydrogen-bond acceptors (Lipinski definition) is 6. The van der Waals surface area contributed by atoms with E-state index in [0.29, 0.717) is 17.7 Å². The van der Waals surface area contributed by atoms with Crippen LogP contribution in [0.25, 0.3) is 11.0 Å². The van der Waals surface area contributed by atoms with E-state index in [1.807, 2.05) is 14.0 Å². The molecule has 1 saturated carbocycles. The van der Waals surface area contributed by atoms with E-state index in [-0.39, 0.29) is 4.90 Å². The summed E-state index contributed by atoms with van der Waals surface area (Å²) in [4.78, 5) is 11.2. The van der Waals surface area contributed by atoms with E-state index in [9.17, 15) is 8.42 Å². The maximum absolute atomic E-state index is 13.1. The number of anilines is 1. The number of benzene rings is 1. The Morgan fingerprint density at radius 2 is 1.93 bits per heavy atom. The molecule has 3 aromatic rings. The summed E-state index contributed by atoms with van der Waals surface area (Å²) in [5, 5.41) is 4.33. The lowest BCUT2D eigenvalue weighted by Crippen LogP contribution is -2.47. The van der Waals surface area contributed by atoms with E-state index in [0.717, 1.165) is 35.7 Å². The average molecular weight is 398 g/mol. The zero-order chi connectivity index (χ0) is 19.5. The lowest BCUT2D eigenvalue weighted by Gasteiger charge is -2.33. The zero-order valence-electron chi connectivity index (χ0n) is 15.9. The molecular formula is C20H23N5O2S. The van der Waals surface area contributed by atoms with Crippen LogP contribution in [0.5, 0.6) is 0 Å². The number of rotatable bonds is 4. The van der Waals surface area contributed by atoms with Gasteiger partial charge in [0.05, 0.1) is 10.3 Å². The van der Waals surface area contributed by atoms with Gasteiger partial charge >= 0.3 is 0 Å². The van der Waals surface area contributed by atoms with Gasteiger partial charge in [-0.2, -0.15) is 0 Å². The van der Waals surface area contributed by atoms with Gasteiger partial charge in [0, 0.05) is 25.3 Å². The van der Waals surface area contributed by atoms with Crippen molar-refractivity contribution < 1.29 is 8.42 Å². The van der Waals surface area contributed by atoms with Crippen LogP contribution in [0.3, 0.4) is 0 Å². The summed E-state index contributed by atoms with van der Waals surface area (Å²) in [5.74, 6) is 1.50.